The van der Waals surface area contributed by atoms with Crippen molar-refractivity contribution in [1.29, 1.82) is 5.26 Å². The summed E-state index contributed by atoms with van der Waals surface area (Å²) in [6.07, 6.45) is 0.751. The Labute approximate surface area is 87.8 Å². The smallest absolute Gasteiger partial charge is 0.157 e. The molecule has 4 heteroatoms. The number of phenols is 2. The van der Waals surface area contributed by atoms with Gasteiger partial charge in [0.1, 0.15) is 0 Å². The Balaban J connectivity index is 2.18. The number of phenolic OH excluding ortho intramolecular Hbond substituents is 2. The number of nitrogens with one attached hydrogen (secondary N) is 1. The third kappa shape index (κ3) is 1.88. The number of hydrogen-bond acceptors (Lipinski definition) is 4. The lowest BCUT2D eigenvalue weighted by atomic mass is 10.0. The van der Waals surface area contributed by atoms with Crippen LogP contribution in [0.3, 0.4) is 0 Å². The number of nitrogens with zero attached hydrogens (tertiary/aromatic N) is 1. The number of hydrogen-bond donors (Lipinski definition) is 3. The second-order valence-corrected chi connectivity index (χ2v) is 3.77. The minimum absolute atomic E-state index is 0.0333. The van der Waals surface area contributed by atoms with Gasteiger partial charge in [0.05, 0.1) is 12.0 Å². The van der Waals surface area contributed by atoms with Crippen molar-refractivity contribution >= 4 is 0 Å². The van der Waals surface area contributed by atoms with Crippen molar-refractivity contribution in [3.05, 3.63) is 23.8 Å². The van der Waals surface area contributed by atoms with Crippen molar-refractivity contribution in [1.82, 2.24) is 5.32 Å². The summed E-state index contributed by atoms with van der Waals surface area (Å²) >= 11 is 0. The summed E-state index contributed by atoms with van der Waals surface area (Å²) in [7, 11) is 0. The second-order valence-electron chi connectivity index (χ2n) is 3.77. The van der Waals surface area contributed by atoms with Crippen LogP contribution in [-0.2, 0) is 0 Å². The molecule has 1 aliphatic heterocycles. The molecule has 78 valence electrons. The zero-order chi connectivity index (χ0) is 10.8. The van der Waals surface area contributed by atoms with Crippen LogP contribution in [0.5, 0.6) is 11.5 Å². The summed E-state index contributed by atoms with van der Waals surface area (Å²) in [5.41, 5.74) is 0.906. The first kappa shape index (κ1) is 9.81. The highest BCUT2D eigenvalue weighted by molar-refractivity contribution is 5.41. The van der Waals surface area contributed by atoms with Crippen molar-refractivity contribution < 1.29 is 10.2 Å². The van der Waals surface area contributed by atoms with Gasteiger partial charge < -0.3 is 15.5 Å². The summed E-state index contributed by atoms with van der Waals surface area (Å²) in [6, 6.07) is 7.07. The summed E-state index contributed by atoms with van der Waals surface area (Å²) < 4.78 is 0. The van der Waals surface area contributed by atoms with E-state index in [-0.39, 0.29) is 23.5 Å². The molecule has 1 saturated heterocycles. The molecular formula is C11H12N2O2. The molecule has 4 nitrogen and oxygen atoms in total. The van der Waals surface area contributed by atoms with Gasteiger partial charge in [0, 0.05) is 12.6 Å². The van der Waals surface area contributed by atoms with Crippen LogP contribution >= 0.6 is 0 Å². The maximum atomic E-state index is 9.34. The fraction of sp³-hybridized carbons (Fsp3) is 0.364. The van der Waals surface area contributed by atoms with Crippen molar-refractivity contribution in [3.8, 4) is 17.6 Å². The molecule has 0 spiro atoms. The standard InChI is InChI=1S/C11H12N2O2/c12-5-7-3-9(13-6-7)8-1-2-10(14)11(15)4-8/h1-2,4,7,9,13-15H,3,6H2. The van der Waals surface area contributed by atoms with Crippen LogP contribution in [0.1, 0.15) is 18.0 Å². The van der Waals surface area contributed by atoms with Gasteiger partial charge in [0.2, 0.25) is 0 Å². The molecule has 1 aromatic rings. The summed E-state index contributed by atoms with van der Waals surface area (Å²) in [4.78, 5) is 0. The fourth-order valence-corrected chi connectivity index (χ4v) is 1.85. The maximum absolute atomic E-state index is 9.34. The van der Waals surface area contributed by atoms with E-state index >= 15 is 0 Å². The van der Waals surface area contributed by atoms with E-state index in [9.17, 15) is 5.11 Å². The van der Waals surface area contributed by atoms with E-state index in [0.29, 0.717) is 6.54 Å². The molecule has 0 aromatic heterocycles. The predicted octanol–water partition coefficient (Wildman–Crippen LogP) is 1.27. The largest absolute Gasteiger partial charge is 0.504 e. The van der Waals surface area contributed by atoms with Gasteiger partial charge >= 0.3 is 0 Å². The predicted molar refractivity (Wildman–Crippen MR) is 54.2 cm³/mol. The van der Waals surface area contributed by atoms with Crippen LogP contribution in [0, 0.1) is 17.2 Å². The highest BCUT2D eigenvalue weighted by Gasteiger charge is 2.25. The molecule has 15 heavy (non-hydrogen) atoms. The first-order valence-corrected chi connectivity index (χ1v) is 4.85. The number of nitriles is 1. The zero-order valence-corrected chi connectivity index (χ0v) is 8.14. The van der Waals surface area contributed by atoms with Crippen molar-refractivity contribution in [2.75, 3.05) is 6.54 Å². The number of aromatic hydroxyl groups is 2. The zero-order valence-electron chi connectivity index (χ0n) is 8.14. The molecule has 0 bridgehead atoms. The third-order valence-corrected chi connectivity index (χ3v) is 2.72. The van der Waals surface area contributed by atoms with Crippen molar-refractivity contribution in [2.24, 2.45) is 5.92 Å². The third-order valence-electron chi connectivity index (χ3n) is 2.72. The Morgan fingerprint density at radius 3 is 2.73 bits per heavy atom. The Bertz CT molecular complexity index is 412. The van der Waals surface area contributed by atoms with Gasteiger partial charge in [-0.15, -0.1) is 0 Å². The fourth-order valence-electron chi connectivity index (χ4n) is 1.85. The lowest BCUT2D eigenvalue weighted by molar-refractivity contribution is 0.402. The van der Waals surface area contributed by atoms with Gasteiger partial charge in [-0.1, -0.05) is 6.07 Å². The summed E-state index contributed by atoms with van der Waals surface area (Å²) in [5.74, 6) is -0.200. The van der Waals surface area contributed by atoms with E-state index in [2.05, 4.69) is 11.4 Å². The molecule has 0 amide bonds. The number of rotatable bonds is 1. The SMILES string of the molecule is N#CC1CNC(c2ccc(O)c(O)c2)C1. The molecule has 1 aliphatic rings. The molecule has 2 unspecified atom stereocenters. The molecule has 3 N–H and O–H groups in total. The first-order chi connectivity index (χ1) is 7.20. The lowest BCUT2D eigenvalue weighted by Crippen LogP contribution is -2.13. The van der Waals surface area contributed by atoms with E-state index in [1.165, 1.54) is 12.1 Å². The highest BCUT2D eigenvalue weighted by atomic mass is 16.3. The Morgan fingerprint density at radius 1 is 1.33 bits per heavy atom. The quantitative estimate of drug-likeness (QED) is 0.602. The van der Waals surface area contributed by atoms with Gasteiger partial charge in [0.15, 0.2) is 11.5 Å². The molecule has 0 radical (unpaired) electrons. The normalized spacial score (nSPS) is 25.0. The summed E-state index contributed by atoms with van der Waals surface area (Å²) in [5, 5.41) is 30.5. The molecule has 2 rings (SSSR count). The molecule has 1 aromatic carbocycles. The molecular weight excluding hydrogens is 192 g/mol. The molecule has 0 aliphatic carbocycles. The van der Waals surface area contributed by atoms with E-state index in [1.807, 2.05) is 0 Å². The van der Waals surface area contributed by atoms with Crippen LogP contribution in [0.15, 0.2) is 18.2 Å². The summed E-state index contributed by atoms with van der Waals surface area (Å²) in [6.45, 7) is 0.683. The average molecular weight is 204 g/mol. The van der Waals surface area contributed by atoms with Gasteiger partial charge in [-0.3, -0.25) is 0 Å². The van der Waals surface area contributed by atoms with Crippen molar-refractivity contribution in [2.45, 2.75) is 12.5 Å². The van der Waals surface area contributed by atoms with Gasteiger partial charge in [-0.2, -0.15) is 5.26 Å². The van der Waals surface area contributed by atoms with E-state index in [1.54, 1.807) is 6.07 Å². The first-order valence-electron chi connectivity index (χ1n) is 4.85. The topological polar surface area (TPSA) is 76.3 Å². The Hall–Kier alpha value is -1.73. The van der Waals surface area contributed by atoms with Crippen LogP contribution < -0.4 is 5.32 Å². The van der Waals surface area contributed by atoms with Gasteiger partial charge in [-0.25, -0.2) is 0 Å². The van der Waals surface area contributed by atoms with Gasteiger partial charge in [0.25, 0.3) is 0 Å². The van der Waals surface area contributed by atoms with Crippen LogP contribution in [-0.4, -0.2) is 16.8 Å². The second kappa shape index (κ2) is 3.79. The molecule has 1 heterocycles. The van der Waals surface area contributed by atoms with Gasteiger partial charge in [-0.05, 0) is 24.1 Å². The molecule has 0 saturated carbocycles. The monoisotopic (exact) mass is 204 g/mol. The van der Waals surface area contributed by atoms with Crippen LogP contribution in [0.25, 0.3) is 0 Å². The van der Waals surface area contributed by atoms with E-state index in [4.69, 9.17) is 10.4 Å². The van der Waals surface area contributed by atoms with Crippen molar-refractivity contribution in [3.63, 3.8) is 0 Å². The van der Waals surface area contributed by atoms with E-state index < -0.39 is 0 Å². The number of benzene rings is 1. The minimum atomic E-state index is -0.117. The van der Waals surface area contributed by atoms with E-state index in [0.717, 1.165) is 12.0 Å². The van der Waals surface area contributed by atoms with Crippen LogP contribution in [0.2, 0.25) is 0 Å². The highest BCUT2D eigenvalue weighted by Crippen LogP contribution is 2.32. The maximum Gasteiger partial charge on any atom is 0.157 e. The minimum Gasteiger partial charge on any atom is -0.504 e. The molecule has 1 fully saturated rings. The average Bonchev–Trinajstić information content (AvgIpc) is 2.70. The lowest BCUT2D eigenvalue weighted by Gasteiger charge is -2.10. The Morgan fingerprint density at radius 2 is 2.13 bits per heavy atom. The molecule has 2 atom stereocenters. The Kier molecular flexibility index (Phi) is 2.48. The van der Waals surface area contributed by atoms with Crippen LogP contribution in [0.4, 0.5) is 0 Å².